The van der Waals surface area contributed by atoms with E-state index in [0.717, 1.165) is 11.3 Å². The van der Waals surface area contributed by atoms with Crippen molar-refractivity contribution in [3.63, 3.8) is 0 Å². The highest BCUT2D eigenvalue weighted by molar-refractivity contribution is 5.23. The first-order valence-electron chi connectivity index (χ1n) is 6.56. The van der Waals surface area contributed by atoms with E-state index in [9.17, 15) is 13.2 Å². The topological polar surface area (TPSA) is 52.2 Å². The fourth-order valence-corrected chi connectivity index (χ4v) is 2.08. The van der Waals surface area contributed by atoms with Crippen LogP contribution in [0.1, 0.15) is 38.4 Å². The Labute approximate surface area is 117 Å². The van der Waals surface area contributed by atoms with E-state index in [-0.39, 0.29) is 25.1 Å². The number of aliphatic hydroxyl groups is 1. The lowest BCUT2D eigenvalue weighted by molar-refractivity contribution is -0.147. The van der Waals surface area contributed by atoms with Crippen LogP contribution in [0.25, 0.3) is 0 Å². The van der Waals surface area contributed by atoms with E-state index in [0.29, 0.717) is 6.42 Å². The van der Waals surface area contributed by atoms with Crippen LogP contribution in [0, 0.1) is 0 Å². The molecular weight excluding hydrogens is 271 g/mol. The molecule has 0 bridgehead atoms. The molecule has 0 fully saturated rings. The minimum Gasteiger partial charge on any atom is -0.396 e. The molecule has 0 saturated heterocycles. The summed E-state index contributed by atoms with van der Waals surface area (Å²) in [6, 6.07) is 0. The van der Waals surface area contributed by atoms with E-state index >= 15 is 0 Å². The summed E-state index contributed by atoms with van der Waals surface area (Å²) in [5.74, 6) is 0. The van der Waals surface area contributed by atoms with Crippen molar-refractivity contribution in [3.8, 4) is 0 Å². The van der Waals surface area contributed by atoms with Gasteiger partial charge in [-0.25, -0.2) is 0 Å². The number of aromatic nitrogens is 2. The van der Waals surface area contributed by atoms with E-state index in [1.165, 1.54) is 4.90 Å². The van der Waals surface area contributed by atoms with Crippen molar-refractivity contribution < 1.29 is 18.3 Å². The number of nitrogens with one attached hydrogen (secondary N) is 1. The Morgan fingerprint density at radius 1 is 1.30 bits per heavy atom. The Balaban J connectivity index is 2.81. The number of halogens is 3. The highest BCUT2D eigenvalue weighted by Gasteiger charge is 2.31. The fourth-order valence-electron chi connectivity index (χ4n) is 2.08. The molecule has 1 aromatic rings. The van der Waals surface area contributed by atoms with Crippen molar-refractivity contribution in [2.24, 2.45) is 0 Å². The Morgan fingerprint density at radius 2 is 1.95 bits per heavy atom. The van der Waals surface area contributed by atoms with Gasteiger partial charge in [0.25, 0.3) is 0 Å². The molecule has 0 aliphatic rings. The third-order valence-electron chi connectivity index (χ3n) is 2.90. The van der Waals surface area contributed by atoms with Gasteiger partial charge in [-0.3, -0.25) is 10.00 Å². The molecule has 0 aliphatic carbocycles. The van der Waals surface area contributed by atoms with Crippen LogP contribution in [0.4, 0.5) is 13.2 Å². The zero-order valence-electron chi connectivity index (χ0n) is 12.1. The standard InChI is InChI=1S/C13H22F3N3O/c1-12(2,3)11-10(7-17-18-11)8-19(5-4-6-20)9-13(14,15)16/h7,20H,4-6,8-9H2,1-3H3,(H,17,18). The number of hydrogen-bond acceptors (Lipinski definition) is 3. The van der Waals surface area contributed by atoms with Crippen molar-refractivity contribution >= 4 is 0 Å². The van der Waals surface area contributed by atoms with Gasteiger partial charge >= 0.3 is 6.18 Å². The largest absolute Gasteiger partial charge is 0.401 e. The maximum Gasteiger partial charge on any atom is 0.401 e. The van der Waals surface area contributed by atoms with Crippen molar-refractivity contribution in [2.45, 2.75) is 45.3 Å². The number of aromatic amines is 1. The van der Waals surface area contributed by atoms with Crippen LogP contribution in [0.15, 0.2) is 6.20 Å². The molecular formula is C13H22F3N3O. The number of nitrogens with zero attached hydrogens (tertiary/aromatic N) is 2. The summed E-state index contributed by atoms with van der Waals surface area (Å²) in [6.07, 6.45) is -2.36. The molecule has 0 saturated carbocycles. The van der Waals surface area contributed by atoms with Crippen molar-refractivity contribution in [2.75, 3.05) is 19.7 Å². The average molecular weight is 293 g/mol. The lowest BCUT2D eigenvalue weighted by Crippen LogP contribution is -2.35. The second-order valence-electron chi connectivity index (χ2n) is 5.92. The monoisotopic (exact) mass is 293 g/mol. The van der Waals surface area contributed by atoms with E-state index in [1.807, 2.05) is 20.8 Å². The smallest absolute Gasteiger partial charge is 0.396 e. The number of aliphatic hydroxyl groups excluding tert-OH is 1. The summed E-state index contributed by atoms with van der Waals surface area (Å²) in [4.78, 5) is 1.29. The molecule has 0 atom stereocenters. The number of alkyl halides is 3. The van der Waals surface area contributed by atoms with Gasteiger partial charge in [-0.2, -0.15) is 18.3 Å². The van der Waals surface area contributed by atoms with Crippen LogP contribution in [-0.4, -0.2) is 46.1 Å². The van der Waals surface area contributed by atoms with Crippen LogP contribution in [0.5, 0.6) is 0 Å². The van der Waals surface area contributed by atoms with E-state index in [2.05, 4.69) is 10.2 Å². The molecule has 20 heavy (non-hydrogen) atoms. The molecule has 7 heteroatoms. The lowest BCUT2D eigenvalue weighted by Gasteiger charge is -2.25. The summed E-state index contributed by atoms with van der Waals surface area (Å²) in [6.45, 7) is 5.20. The van der Waals surface area contributed by atoms with Crippen LogP contribution in [0.2, 0.25) is 0 Å². The maximum atomic E-state index is 12.6. The SMILES string of the molecule is CC(C)(C)c1[nH]ncc1CN(CCCO)CC(F)(F)F. The maximum absolute atomic E-state index is 12.6. The molecule has 1 aromatic heterocycles. The summed E-state index contributed by atoms with van der Waals surface area (Å²) in [7, 11) is 0. The van der Waals surface area contributed by atoms with Crippen LogP contribution in [-0.2, 0) is 12.0 Å². The number of rotatable bonds is 6. The number of H-pyrrole nitrogens is 1. The zero-order chi connectivity index (χ0) is 15.4. The van der Waals surface area contributed by atoms with Crippen LogP contribution < -0.4 is 0 Å². The molecule has 1 rings (SSSR count). The van der Waals surface area contributed by atoms with Crippen molar-refractivity contribution in [1.82, 2.24) is 15.1 Å². The van der Waals surface area contributed by atoms with Crippen LogP contribution in [0.3, 0.4) is 0 Å². The molecule has 2 N–H and O–H groups in total. The van der Waals surface area contributed by atoms with Crippen molar-refractivity contribution in [1.29, 1.82) is 0 Å². The predicted octanol–water partition coefficient (Wildman–Crippen LogP) is 2.45. The first-order valence-corrected chi connectivity index (χ1v) is 6.56. The molecule has 0 amide bonds. The van der Waals surface area contributed by atoms with Gasteiger partial charge in [-0.1, -0.05) is 20.8 Å². The third-order valence-corrected chi connectivity index (χ3v) is 2.90. The Bertz CT molecular complexity index is 410. The third kappa shape index (κ3) is 5.50. The molecule has 0 spiro atoms. The van der Waals surface area contributed by atoms with Crippen LogP contribution >= 0.6 is 0 Å². The first-order chi connectivity index (χ1) is 9.13. The molecule has 0 radical (unpaired) electrons. The molecule has 116 valence electrons. The minimum atomic E-state index is -4.25. The molecule has 0 unspecified atom stereocenters. The summed E-state index contributed by atoms with van der Waals surface area (Å²) >= 11 is 0. The first kappa shape index (κ1) is 17.0. The van der Waals surface area contributed by atoms with E-state index in [4.69, 9.17) is 5.11 Å². The van der Waals surface area contributed by atoms with Gasteiger partial charge in [-0.05, 0) is 6.42 Å². The van der Waals surface area contributed by atoms with Crippen molar-refractivity contribution in [3.05, 3.63) is 17.5 Å². The number of hydrogen-bond donors (Lipinski definition) is 2. The normalized spacial score (nSPS) is 13.2. The minimum absolute atomic E-state index is 0.119. The fraction of sp³-hybridized carbons (Fsp3) is 0.769. The highest BCUT2D eigenvalue weighted by Crippen LogP contribution is 2.25. The Hall–Kier alpha value is -1.08. The van der Waals surface area contributed by atoms with Gasteiger partial charge in [0, 0.05) is 36.4 Å². The summed E-state index contributed by atoms with van der Waals surface area (Å²) < 4.78 is 37.7. The van der Waals surface area contributed by atoms with Gasteiger partial charge < -0.3 is 5.11 Å². The predicted molar refractivity (Wildman–Crippen MR) is 70.3 cm³/mol. The average Bonchev–Trinajstić information content (AvgIpc) is 2.71. The quantitative estimate of drug-likeness (QED) is 0.847. The van der Waals surface area contributed by atoms with Gasteiger partial charge in [0.05, 0.1) is 12.7 Å². The Kier molecular flexibility index (Phi) is 5.59. The van der Waals surface area contributed by atoms with Gasteiger partial charge in [0.2, 0.25) is 0 Å². The molecule has 0 aromatic carbocycles. The zero-order valence-corrected chi connectivity index (χ0v) is 12.1. The van der Waals surface area contributed by atoms with Gasteiger partial charge in [-0.15, -0.1) is 0 Å². The van der Waals surface area contributed by atoms with E-state index in [1.54, 1.807) is 6.20 Å². The highest BCUT2D eigenvalue weighted by atomic mass is 19.4. The molecule has 1 heterocycles. The molecule has 0 aliphatic heterocycles. The second-order valence-corrected chi connectivity index (χ2v) is 5.92. The van der Waals surface area contributed by atoms with Gasteiger partial charge in [0.15, 0.2) is 0 Å². The summed E-state index contributed by atoms with van der Waals surface area (Å²) in [5, 5.41) is 15.6. The Morgan fingerprint density at radius 3 is 2.45 bits per heavy atom. The lowest BCUT2D eigenvalue weighted by atomic mass is 9.89. The second kappa shape index (κ2) is 6.58. The summed E-state index contributed by atoms with van der Waals surface area (Å²) in [5.41, 5.74) is 1.40. The van der Waals surface area contributed by atoms with Gasteiger partial charge in [0.1, 0.15) is 0 Å². The van der Waals surface area contributed by atoms with E-state index < -0.39 is 12.7 Å². The molecule has 4 nitrogen and oxygen atoms in total.